The Bertz CT molecular complexity index is 2220. The lowest BCUT2D eigenvalue weighted by Gasteiger charge is -2.18. The Labute approximate surface area is 251 Å². The van der Waals surface area contributed by atoms with Gasteiger partial charge in [-0.15, -0.1) is 0 Å². The molecule has 0 unspecified atom stereocenters. The van der Waals surface area contributed by atoms with Gasteiger partial charge in [0.2, 0.25) is 0 Å². The Morgan fingerprint density at radius 2 is 0.837 bits per heavy atom. The van der Waals surface area contributed by atoms with Crippen LogP contribution in [-0.2, 0) is 0 Å². The highest BCUT2D eigenvalue weighted by Gasteiger charge is 2.17. The number of nitrogens with zero attached hydrogens (tertiary/aromatic N) is 1. The molecule has 0 aliphatic heterocycles. The minimum atomic E-state index is 1.04. The summed E-state index contributed by atoms with van der Waals surface area (Å²) in [6.45, 7) is 2.11. The molecule has 8 rings (SSSR count). The van der Waals surface area contributed by atoms with Crippen LogP contribution in [0.1, 0.15) is 5.56 Å². The SMILES string of the molecule is Cc1cccnc1-c1ccc(-c2ccc(-c3c4ccccc4c(-c4ccc5ccccc5c4)c4ccccc34)cc2)cc1. The summed E-state index contributed by atoms with van der Waals surface area (Å²) >= 11 is 0. The number of hydrogen-bond acceptors (Lipinski definition) is 1. The zero-order valence-corrected chi connectivity index (χ0v) is 24.0. The molecule has 0 aliphatic carbocycles. The van der Waals surface area contributed by atoms with Crippen LogP contribution in [0.5, 0.6) is 0 Å². The molecule has 7 aromatic carbocycles. The van der Waals surface area contributed by atoms with Crippen molar-refractivity contribution in [1.29, 1.82) is 0 Å². The van der Waals surface area contributed by atoms with E-state index in [4.69, 9.17) is 0 Å². The smallest absolute Gasteiger partial charge is 0.0731 e. The Morgan fingerprint density at radius 1 is 0.372 bits per heavy atom. The number of aromatic nitrogens is 1. The van der Waals surface area contributed by atoms with Crippen LogP contribution in [0.2, 0.25) is 0 Å². The Balaban J connectivity index is 1.25. The van der Waals surface area contributed by atoms with Gasteiger partial charge in [-0.2, -0.15) is 0 Å². The van der Waals surface area contributed by atoms with Crippen molar-refractivity contribution in [3.8, 4) is 44.6 Å². The quantitative estimate of drug-likeness (QED) is 0.200. The van der Waals surface area contributed by atoms with E-state index in [0.29, 0.717) is 0 Å². The van der Waals surface area contributed by atoms with E-state index < -0.39 is 0 Å². The van der Waals surface area contributed by atoms with Crippen molar-refractivity contribution in [3.05, 3.63) is 163 Å². The Kier molecular flexibility index (Phi) is 6.09. The maximum absolute atomic E-state index is 4.58. The first kappa shape index (κ1) is 25.2. The monoisotopic (exact) mass is 547 g/mol. The van der Waals surface area contributed by atoms with Crippen LogP contribution in [0.15, 0.2) is 158 Å². The highest BCUT2D eigenvalue weighted by Crippen LogP contribution is 2.44. The lowest BCUT2D eigenvalue weighted by Crippen LogP contribution is -1.91. The van der Waals surface area contributed by atoms with Crippen molar-refractivity contribution in [2.75, 3.05) is 0 Å². The third-order valence-electron chi connectivity index (χ3n) is 8.64. The zero-order valence-electron chi connectivity index (χ0n) is 24.0. The van der Waals surface area contributed by atoms with Crippen LogP contribution in [0, 0.1) is 6.92 Å². The van der Waals surface area contributed by atoms with Crippen LogP contribution in [-0.4, -0.2) is 4.98 Å². The number of pyridine rings is 1. The highest BCUT2D eigenvalue weighted by atomic mass is 14.7. The van der Waals surface area contributed by atoms with Gasteiger partial charge in [0, 0.05) is 11.8 Å². The molecule has 0 radical (unpaired) electrons. The molecule has 1 heteroatoms. The molecule has 0 spiro atoms. The van der Waals surface area contributed by atoms with E-state index in [0.717, 1.165) is 11.3 Å². The van der Waals surface area contributed by atoms with Crippen molar-refractivity contribution < 1.29 is 0 Å². The molecule has 0 N–H and O–H groups in total. The van der Waals surface area contributed by atoms with E-state index in [1.165, 1.54) is 71.3 Å². The third-order valence-corrected chi connectivity index (χ3v) is 8.64. The molecular formula is C42H29N. The number of benzene rings is 7. The fourth-order valence-corrected chi connectivity index (χ4v) is 6.53. The molecule has 1 heterocycles. The van der Waals surface area contributed by atoms with E-state index in [9.17, 15) is 0 Å². The lowest BCUT2D eigenvalue weighted by atomic mass is 9.85. The minimum absolute atomic E-state index is 1.04. The number of fused-ring (bicyclic) bond motifs is 3. The average molecular weight is 548 g/mol. The predicted octanol–water partition coefficient (Wildman–Crippen LogP) is 11.5. The summed E-state index contributed by atoms with van der Waals surface area (Å²) in [5.74, 6) is 0. The van der Waals surface area contributed by atoms with Gasteiger partial charge in [0.1, 0.15) is 0 Å². The summed E-state index contributed by atoms with van der Waals surface area (Å²) in [7, 11) is 0. The van der Waals surface area contributed by atoms with Crippen LogP contribution < -0.4 is 0 Å². The van der Waals surface area contributed by atoms with Gasteiger partial charge in [-0.1, -0.05) is 140 Å². The molecule has 1 nitrogen and oxygen atoms in total. The van der Waals surface area contributed by atoms with E-state index in [-0.39, 0.29) is 0 Å². The van der Waals surface area contributed by atoms with Crippen molar-refractivity contribution in [2.45, 2.75) is 6.92 Å². The first-order valence-corrected chi connectivity index (χ1v) is 14.8. The summed E-state index contributed by atoms with van der Waals surface area (Å²) in [6, 6.07) is 55.0. The van der Waals surface area contributed by atoms with Gasteiger partial charge in [-0.25, -0.2) is 0 Å². The van der Waals surface area contributed by atoms with Crippen LogP contribution in [0.4, 0.5) is 0 Å². The van der Waals surface area contributed by atoms with Crippen molar-refractivity contribution in [2.24, 2.45) is 0 Å². The number of hydrogen-bond donors (Lipinski definition) is 0. The second kappa shape index (κ2) is 10.4. The molecule has 1 aromatic heterocycles. The largest absolute Gasteiger partial charge is 0.256 e. The van der Waals surface area contributed by atoms with Gasteiger partial charge in [-0.3, -0.25) is 4.98 Å². The molecule has 0 saturated heterocycles. The second-order valence-electron chi connectivity index (χ2n) is 11.2. The van der Waals surface area contributed by atoms with Crippen LogP contribution in [0.3, 0.4) is 0 Å². The zero-order chi connectivity index (χ0) is 28.8. The predicted molar refractivity (Wildman–Crippen MR) is 183 cm³/mol. The highest BCUT2D eigenvalue weighted by molar-refractivity contribution is 6.21. The molecule has 0 fully saturated rings. The third kappa shape index (κ3) is 4.38. The number of aryl methyl sites for hydroxylation is 1. The molecule has 43 heavy (non-hydrogen) atoms. The van der Waals surface area contributed by atoms with Gasteiger partial charge in [-0.05, 0) is 90.3 Å². The average Bonchev–Trinajstić information content (AvgIpc) is 3.07. The minimum Gasteiger partial charge on any atom is -0.256 e. The van der Waals surface area contributed by atoms with Crippen LogP contribution >= 0.6 is 0 Å². The van der Waals surface area contributed by atoms with Gasteiger partial charge >= 0.3 is 0 Å². The topological polar surface area (TPSA) is 12.9 Å². The van der Waals surface area contributed by atoms with E-state index in [2.05, 4.69) is 158 Å². The van der Waals surface area contributed by atoms with Crippen molar-refractivity contribution in [1.82, 2.24) is 4.98 Å². The Hall–Kier alpha value is -5.53. The standard InChI is InChI=1S/C42H29N/c1-28-9-8-26-43-42(28)33-23-18-31(19-24-33)30-16-21-32(22-17-30)40-36-12-4-6-14-38(36)41(39-15-7-5-13-37(39)40)35-25-20-29-10-2-3-11-34(29)27-35/h2-27H,1H3. The lowest BCUT2D eigenvalue weighted by molar-refractivity contribution is 1.27. The fraction of sp³-hybridized carbons (Fsp3) is 0.0238. The van der Waals surface area contributed by atoms with Gasteiger partial charge < -0.3 is 0 Å². The first-order valence-electron chi connectivity index (χ1n) is 14.8. The molecular weight excluding hydrogens is 518 g/mol. The summed E-state index contributed by atoms with van der Waals surface area (Å²) in [4.78, 5) is 4.58. The summed E-state index contributed by atoms with van der Waals surface area (Å²) in [5, 5.41) is 7.61. The first-order chi connectivity index (χ1) is 21.2. The summed E-state index contributed by atoms with van der Waals surface area (Å²) < 4.78 is 0. The molecule has 0 bridgehead atoms. The van der Waals surface area contributed by atoms with Crippen molar-refractivity contribution >= 4 is 32.3 Å². The van der Waals surface area contributed by atoms with E-state index in [1.807, 2.05) is 12.3 Å². The molecule has 0 saturated carbocycles. The molecule has 202 valence electrons. The second-order valence-corrected chi connectivity index (χ2v) is 11.2. The van der Waals surface area contributed by atoms with Gasteiger partial charge in [0.25, 0.3) is 0 Å². The van der Waals surface area contributed by atoms with Gasteiger partial charge in [0.15, 0.2) is 0 Å². The van der Waals surface area contributed by atoms with Gasteiger partial charge in [0.05, 0.1) is 5.69 Å². The summed E-state index contributed by atoms with van der Waals surface area (Å²) in [5.41, 5.74) is 10.8. The maximum Gasteiger partial charge on any atom is 0.0731 e. The fourth-order valence-electron chi connectivity index (χ4n) is 6.53. The number of rotatable bonds is 4. The normalized spacial score (nSPS) is 11.4. The molecule has 0 aliphatic rings. The summed E-state index contributed by atoms with van der Waals surface area (Å²) in [6.07, 6.45) is 1.86. The Morgan fingerprint density at radius 3 is 1.42 bits per heavy atom. The van der Waals surface area contributed by atoms with Crippen LogP contribution in [0.25, 0.3) is 77.0 Å². The molecule has 0 amide bonds. The van der Waals surface area contributed by atoms with E-state index in [1.54, 1.807) is 0 Å². The van der Waals surface area contributed by atoms with Crippen molar-refractivity contribution in [3.63, 3.8) is 0 Å². The molecule has 8 aromatic rings. The van der Waals surface area contributed by atoms with E-state index >= 15 is 0 Å². The molecule has 0 atom stereocenters. The maximum atomic E-state index is 4.58.